The van der Waals surface area contributed by atoms with E-state index in [-0.39, 0.29) is 10.6 Å². The van der Waals surface area contributed by atoms with Gasteiger partial charge in [-0.3, -0.25) is 10.1 Å². The van der Waals surface area contributed by atoms with E-state index in [4.69, 9.17) is 4.74 Å². The molecule has 1 aromatic rings. The van der Waals surface area contributed by atoms with Gasteiger partial charge in [-0.2, -0.15) is 0 Å². The first-order chi connectivity index (χ1) is 9.66. The van der Waals surface area contributed by atoms with Crippen molar-refractivity contribution in [1.82, 2.24) is 0 Å². The van der Waals surface area contributed by atoms with E-state index in [0.29, 0.717) is 24.9 Å². The number of hydrogen-bond acceptors (Lipinski definition) is 4. The van der Waals surface area contributed by atoms with Crippen LogP contribution < -0.4 is 5.32 Å². The monoisotopic (exact) mass is 390 g/mol. The number of benzene rings is 1. The highest BCUT2D eigenvalue weighted by molar-refractivity contribution is 14.1. The van der Waals surface area contributed by atoms with E-state index in [2.05, 4.69) is 27.9 Å². The number of nitro groups is 1. The second kappa shape index (κ2) is 7.78. The van der Waals surface area contributed by atoms with Crippen molar-refractivity contribution in [3.05, 3.63) is 31.9 Å². The van der Waals surface area contributed by atoms with Crippen molar-refractivity contribution in [2.24, 2.45) is 0 Å². The highest BCUT2D eigenvalue weighted by atomic mass is 127. The van der Waals surface area contributed by atoms with Gasteiger partial charge in [0.25, 0.3) is 5.69 Å². The molecular weight excluding hydrogens is 371 g/mol. The molecule has 0 unspecified atom stereocenters. The second-order valence-electron chi connectivity index (χ2n) is 4.98. The SMILES string of the molecule is O=[N+]([O-])c1cc(I)ccc1NCCOC1CCCCC1. The zero-order valence-corrected chi connectivity index (χ0v) is 13.5. The van der Waals surface area contributed by atoms with Crippen molar-refractivity contribution in [3.8, 4) is 0 Å². The molecule has 1 aliphatic rings. The van der Waals surface area contributed by atoms with Gasteiger partial charge in [0.2, 0.25) is 0 Å². The largest absolute Gasteiger partial charge is 0.377 e. The minimum atomic E-state index is -0.355. The lowest BCUT2D eigenvalue weighted by molar-refractivity contribution is -0.384. The smallest absolute Gasteiger partial charge is 0.293 e. The molecule has 5 nitrogen and oxygen atoms in total. The quantitative estimate of drug-likeness (QED) is 0.346. The summed E-state index contributed by atoms with van der Waals surface area (Å²) in [4.78, 5) is 10.6. The summed E-state index contributed by atoms with van der Waals surface area (Å²) in [6.07, 6.45) is 6.47. The molecule has 20 heavy (non-hydrogen) atoms. The van der Waals surface area contributed by atoms with Gasteiger partial charge in [0.1, 0.15) is 5.69 Å². The molecule has 0 amide bonds. The van der Waals surface area contributed by atoms with Gasteiger partial charge in [-0.15, -0.1) is 0 Å². The molecule has 0 atom stereocenters. The van der Waals surface area contributed by atoms with Crippen LogP contribution in [0.25, 0.3) is 0 Å². The zero-order chi connectivity index (χ0) is 14.4. The molecule has 110 valence electrons. The van der Waals surface area contributed by atoms with E-state index in [0.717, 1.165) is 16.4 Å². The van der Waals surface area contributed by atoms with Crippen molar-refractivity contribution >= 4 is 34.0 Å². The highest BCUT2D eigenvalue weighted by Gasteiger charge is 2.15. The lowest BCUT2D eigenvalue weighted by atomic mass is 9.98. The maximum absolute atomic E-state index is 11.0. The summed E-state index contributed by atoms with van der Waals surface area (Å²) in [6, 6.07) is 5.18. The van der Waals surface area contributed by atoms with Crippen LogP contribution in [0.2, 0.25) is 0 Å². The maximum atomic E-state index is 11.0. The van der Waals surface area contributed by atoms with Crippen molar-refractivity contribution < 1.29 is 9.66 Å². The highest BCUT2D eigenvalue weighted by Crippen LogP contribution is 2.26. The second-order valence-corrected chi connectivity index (χ2v) is 6.22. The average molecular weight is 390 g/mol. The predicted molar refractivity (Wildman–Crippen MR) is 87.1 cm³/mol. The number of nitrogens with one attached hydrogen (secondary N) is 1. The van der Waals surface area contributed by atoms with Crippen LogP contribution >= 0.6 is 22.6 Å². The Labute approximate surface area is 132 Å². The molecule has 0 aliphatic heterocycles. The van der Waals surface area contributed by atoms with Crippen molar-refractivity contribution in [1.29, 1.82) is 0 Å². The molecule has 0 bridgehead atoms. The van der Waals surface area contributed by atoms with E-state index >= 15 is 0 Å². The summed E-state index contributed by atoms with van der Waals surface area (Å²) >= 11 is 2.07. The summed E-state index contributed by atoms with van der Waals surface area (Å²) in [5.74, 6) is 0. The Morgan fingerprint density at radius 2 is 2.10 bits per heavy atom. The number of ether oxygens (including phenoxy) is 1. The van der Waals surface area contributed by atoms with Crippen LogP contribution in [0.5, 0.6) is 0 Å². The minimum absolute atomic E-state index is 0.120. The summed E-state index contributed by atoms with van der Waals surface area (Å²) in [5, 5.41) is 14.1. The van der Waals surface area contributed by atoms with E-state index in [1.54, 1.807) is 12.1 Å². The topological polar surface area (TPSA) is 64.4 Å². The first-order valence-corrected chi connectivity index (χ1v) is 8.04. The Kier molecular flexibility index (Phi) is 6.03. The molecule has 1 N–H and O–H groups in total. The molecule has 0 radical (unpaired) electrons. The summed E-state index contributed by atoms with van der Waals surface area (Å²) in [5.41, 5.74) is 0.678. The normalized spacial score (nSPS) is 16.1. The van der Waals surface area contributed by atoms with Gasteiger partial charge in [0.05, 0.1) is 17.6 Å². The lowest BCUT2D eigenvalue weighted by Crippen LogP contribution is -2.20. The number of hydrogen-bond donors (Lipinski definition) is 1. The lowest BCUT2D eigenvalue weighted by Gasteiger charge is -2.22. The first-order valence-electron chi connectivity index (χ1n) is 6.96. The average Bonchev–Trinajstić information content (AvgIpc) is 2.45. The molecule has 2 rings (SSSR count). The van der Waals surface area contributed by atoms with Crippen LogP contribution in [0.4, 0.5) is 11.4 Å². The van der Waals surface area contributed by atoms with E-state index in [1.807, 2.05) is 6.07 Å². The van der Waals surface area contributed by atoms with Crippen molar-refractivity contribution in [2.45, 2.75) is 38.2 Å². The standard InChI is InChI=1S/C14H19IN2O3/c15-11-6-7-13(14(10-11)17(18)19)16-8-9-20-12-4-2-1-3-5-12/h6-7,10,12,16H,1-5,8-9H2. The third-order valence-corrected chi connectivity index (χ3v) is 4.15. The molecule has 6 heteroatoms. The van der Waals surface area contributed by atoms with Gasteiger partial charge in [0.15, 0.2) is 0 Å². The fourth-order valence-electron chi connectivity index (χ4n) is 2.45. The summed E-state index contributed by atoms with van der Waals surface area (Å²) in [6.45, 7) is 1.19. The van der Waals surface area contributed by atoms with Crippen LogP contribution in [0.15, 0.2) is 18.2 Å². The van der Waals surface area contributed by atoms with Crippen LogP contribution in [0.3, 0.4) is 0 Å². The molecule has 1 aliphatic carbocycles. The Morgan fingerprint density at radius 3 is 2.80 bits per heavy atom. The third kappa shape index (κ3) is 4.59. The van der Waals surface area contributed by atoms with Crippen LogP contribution in [0.1, 0.15) is 32.1 Å². The molecule has 1 fully saturated rings. The van der Waals surface area contributed by atoms with Crippen LogP contribution in [0, 0.1) is 13.7 Å². The van der Waals surface area contributed by atoms with Gasteiger partial charge >= 0.3 is 0 Å². The number of nitro benzene ring substituents is 1. The summed E-state index contributed by atoms with van der Waals surface area (Å²) < 4.78 is 6.65. The molecule has 0 aromatic heterocycles. The van der Waals surface area contributed by atoms with Crippen molar-refractivity contribution in [2.75, 3.05) is 18.5 Å². The Morgan fingerprint density at radius 1 is 1.35 bits per heavy atom. The Hall–Kier alpha value is -0.890. The maximum Gasteiger partial charge on any atom is 0.293 e. The summed E-state index contributed by atoms with van der Waals surface area (Å²) in [7, 11) is 0. The number of anilines is 1. The Balaban J connectivity index is 1.80. The van der Waals surface area contributed by atoms with Gasteiger partial charge in [-0.05, 0) is 47.6 Å². The predicted octanol–water partition coefficient (Wildman–Crippen LogP) is 3.96. The van der Waals surface area contributed by atoms with Gasteiger partial charge in [-0.1, -0.05) is 19.3 Å². The molecule has 1 aromatic carbocycles. The zero-order valence-electron chi connectivity index (χ0n) is 11.3. The Bertz CT molecular complexity index is 462. The van der Waals surface area contributed by atoms with Gasteiger partial charge in [-0.25, -0.2) is 0 Å². The minimum Gasteiger partial charge on any atom is -0.377 e. The van der Waals surface area contributed by atoms with Gasteiger partial charge in [0, 0.05) is 16.2 Å². The van der Waals surface area contributed by atoms with E-state index in [9.17, 15) is 10.1 Å². The number of nitrogens with zero attached hydrogens (tertiary/aromatic N) is 1. The van der Waals surface area contributed by atoms with E-state index in [1.165, 1.54) is 19.3 Å². The number of halogens is 1. The third-order valence-electron chi connectivity index (χ3n) is 3.48. The molecule has 0 heterocycles. The fraction of sp³-hybridized carbons (Fsp3) is 0.571. The van der Waals surface area contributed by atoms with Crippen molar-refractivity contribution in [3.63, 3.8) is 0 Å². The number of rotatable bonds is 6. The fourth-order valence-corrected chi connectivity index (χ4v) is 2.92. The van der Waals surface area contributed by atoms with Crippen LogP contribution in [-0.4, -0.2) is 24.2 Å². The molecular formula is C14H19IN2O3. The van der Waals surface area contributed by atoms with Gasteiger partial charge < -0.3 is 10.1 Å². The van der Waals surface area contributed by atoms with E-state index < -0.39 is 0 Å². The molecule has 0 saturated heterocycles. The van der Waals surface area contributed by atoms with Crippen LogP contribution in [-0.2, 0) is 4.74 Å². The molecule has 0 spiro atoms. The molecule has 1 saturated carbocycles. The first kappa shape index (κ1) is 15.5.